The number of aliphatic imine (C=N–C) groups is 1. The van der Waals surface area contributed by atoms with Crippen LogP contribution in [0.25, 0.3) is 0 Å². The molecular formula is C7H14N2O4S. The van der Waals surface area contributed by atoms with Crippen molar-refractivity contribution >= 4 is 16.7 Å². The van der Waals surface area contributed by atoms with Crippen LogP contribution in [0.3, 0.4) is 0 Å². The molecule has 0 aromatic carbocycles. The van der Waals surface area contributed by atoms with Crippen molar-refractivity contribution in [2.24, 2.45) is 4.99 Å². The predicted octanol–water partition coefficient (Wildman–Crippen LogP) is -0.302. The highest BCUT2D eigenvalue weighted by Crippen LogP contribution is 1.91. The molecule has 0 aromatic rings. The van der Waals surface area contributed by atoms with E-state index in [1.165, 1.54) is 6.08 Å². The second-order valence-electron chi connectivity index (χ2n) is 2.14. The van der Waals surface area contributed by atoms with Crippen LogP contribution in [-0.2, 0) is 18.8 Å². The molecule has 0 radical (unpaired) electrons. The minimum absolute atomic E-state index is 0.0594. The van der Waals surface area contributed by atoms with Gasteiger partial charge in [0, 0.05) is 6.54 Å². The van der Waals surface area contributed by atoms with Crippen molar-refractivity contribution in [3.63, 3.8) is 0 Å². The molecule has 0 spiro atoms. The van der Waals surface area contributed by atoms with Crippen LogP contribution in [0.4, 0.5) is 0 Å². The van der Waals surface area contributed by atoms with Gasteiger partial charge in [-0.3, -0.25) is 9.18 Å². The molecule has 1 rings (SSSR count). The third-order valence-electron chi connectivity index (χ3n) is 1.10. The lowest BCUT2D eigenvalue weighted by Gasteiger charge is -1.96. The van der Waals surface area contributed by atoms with Crippen LogP contribution in [0.5, 0.6) is 0 Å². The maximum absolute atomic E-state index is 10.3. The molecular weight excluding hydrogens is 208 g/mol. The molecule has 6 nitrogen and oxygen atoms in total. The third-order valence-corrected chi connectivity index (χ3v) is 1.94. The molecule has 0 atom stereocenters. The summed E-state index contributed by atoms with van der Waals surface area (Å²) in [5.41, 5.74) is 0. The van der Waals surface area contributed by atoms with Crippen LogP contribution < -0.4 is 5.32 Å². The summed E-state index contributed by atoms with van der Waals surface area (Å²) in [7, 11) is -2.73. The molecule has 14 heavy (non-hydrogen) atoms. The summed E-state index contributed by atoms with van der Waals surface area (Å²) >= 11 is 0. The maximum atomic E-state index is 10.3. The fraction of sp³-hybridized carbons (Fsp3) is 0.571. The Morgan fingerprint density at radius 2 is 2.43 bits per heavy atom. The molecule has 7 heteroatoms. The Balaban J connectivity index is 0.000000280. The summed E-state index contributed by atoms with van der Waals surface area (Å²) in [6.45, 7) is 5.18. The Morgan fingerprint density at radius 3 is 2.71 bits per heavy atom. The van der Waals surface area contributed by atoms with E-state index in [1.54, 1.807) is 6.34 Å². The highest BCUT2D eigenvalue weighted by atomic mass is 32.3. The lowest BCUT2D eigenvalue weighted by atomic mass is 10.7. The normalized spacial score (nSPS) is 14.1. The fourth-order valence-corrected chi connectivity index (χ4v) is 0.861. The topological polar surface area (TPSA) is 77.0 Å². The van der Waals surface area contributed by atoms with Crippen molar-refractivity contribution in [2.45, 2.75) is 0 Å². The Morgan fingerprint density at radius 1 is 1.71 bits per heavy atom. The van der Waals surface area contributed by atoms with E-state index < -0.39 is 10.4 Å². The van der Waals surface area contributed by atoms with Gasteiger partial charge in [-0.05, 0) is 0 Å². The van der Waals surface area contributed by atoms with E-state index in [1.807, 2.05) is 0 Å². The van der Waals surface area contributed by atoms with Crippen molar-refractivity contribution in [1.29, 1.82) is 0 Å². The van der Waals surface area contributed by atoms with E-state index in [-0.39, 0.29) is 6.61 Å². The first-order valence-corrected chi connectivity index (χ1v) is 5.23. The SMILES string of the molecule is C1=NCCN1.C=CCOS(=O)(=O)OC. The van der Waals surface area contributed by atoms with Gasteiger partial charge in [0.2, 0.25) is 0 Å². The van der Waals surface area contributed by atoms with Crippen LogP contribution in [0.15, 0.2) is 17.6 Å². The van der Waals surface area contributed by atoms with Gasteiger partial charge in [-0.1, -0.05) is 6.08 Å². The Hall–Kier alpha value is -0.920. The largest absolute Gasteiger partial charge is 0.399 e. The predicted molar refractivity (Wildman–Crippen MR) is 53.4 cm³/mol. The van der Waals surface area contributed by atoms with Crippen molar-refractivity contribution in [3.05, 3.63) is 12.7 Å². The molecule has 1 heterocycles. The molecule has 0 saturated carbocycles. The molecule has 82 valence electrons. The van der Waals surface area contributed by atoms with Gasteiger partial charge in [0.1, 0.15) is 0 Å². The maximum Gasteiger partial charge on any atom is 0.399 e. The van der Waals surface area contributed by atoms with Crippen molar-refractivity contribution < 1.29 is 16.8 Å². The number of rotatable bonds is 4. The molecule has 0 aromatic heterocycles. The summed E-state index contributed by atoms with van der Waals surface area (Å²) in [4.78, 5) is 3.85. The second kappa shape index (κ2) is 7.48. The zero-order chi connectivity index (χ0) is 10.9. The third kappa shape index (κ3) is 7.71. The molecule has 0 aliphatic carbocycles. The zero-order valence-corrected chi connectivity index (χ0v) is 8.79. The summed E-state index contributed by atoms with van der Waals surface area (Å²) in [6, 6.07) is 0. The summed E-state index contributed by atoms with van der Waals surface area (Å²) in [5, 5.41) is 2.93. The summed E-state index contributed by atoms with van der Waals surface area (Å²) in [6.07, 6.45) is 3.05. The first-order valence-electron chi connectivity index (χ1n) is 3.90. The summed E-state index contributed by atoms with van der Waals surface area (Å²) in [5.74, 6) is 0. The van der Waals surface area contributed by atoms with Crippen molar-refractivity contribution in [3.8, 4) is 0 Å². The molecule has 0 bridgehead atoms. The Bertz CT molecular complexity index is 267. The molecule has 0 amide bonds. The minimum atomic E-state index is -3.75. The smallest absolute Gasteiger partial charge is 0.375 e. The van der Waals surface area contributed by atoms with Gasteiger partial charge in [-0.15, -0.1) is 6.58 Å². The van der Waals surface area contributed by atoms with E-state index in [2.05, 4.69) is 25.3 Å². The lowest BCUT2D eigenvalue weighted by molar-refractivity contribution is 0.265. The lowest BCUT2D eigenvalue weighted by Crippen LogP contribution is -2.06. The van der Waals surface area contributed by atoms with E-state index in [9.17, 15) is 8.42 Å². The van der Waals surface area contributed by atoms with Crippen LogP contribution >= 0.6 is 0 Å². The second-order valence-corrected chi connectivity index (χ2v) is 3.52. The fourth-order valence-electron chi connectivity index (χ4n) is 0.502. The minimum Gasteiger partial charge on any atom is -0.375 e. The number of nitrogens with one attached hydrogen (secondary N) is 1. The van der Waals surface area contributed by atoms with Crippen LogP contribution in [-0.4, -0.2) is 41.6 Å². The quantitative estimate of drug-likeness (QED) is 0.661. The highest BCUT2D eigenvalue weighted by molar-refractivity contribution is 7.81. The van der Waals surface area contributed by atoms with Gasteiger partial charge in [0.25, 0.3) is 0 Å². The molecule has 0 unspecified atom stereocenters. The van der Waals surface area contributed by atoms with Gasteiger partial charge in [-0.25, -0.2) is 4.18 Å². The highest BCUT2D eigenvalue weighted by Gasteiger charge is 2.05. The van der Waals surface area contributed by atoms with Gasteiger partial charge in [-0.2, -0.15) is 8.42 Å². The molecule has 1 aliphatic rings. The average molecular weight is 222 g/mol. The number of hydrogen-bond donors (Lipinski definition) is 1. The standard InChI is InChI=1S/C4H8O4S.C3H6N2/c1-3-4-8-9(5,6)7-2;1-2-5-3-4-1/h3H,1,4H2,2H3;3H,1-2H2,(H,4,5). The number of hydrogen-bond acceptors (Lipinski definition) is 6. The molecule has 1 N–H and O–H groups in total. The Kier molecular flexibility index (Phi) is 6.99. The van der Waals surface area contributed by atoms with Crippen molar-refractivity contribution in [2.75, 3.05) is 26.8 Å². The average Bonchev–Trinajstić information content (AvgIpc) is 2.73. The van der Waals surface area contributed by atoms with Gasteiger partial charge < -0.3 is 5.32 Å². The van der Waals surface area contributed by atoms with Gasteiger partial charge >= 0.3 is 10.4 Å². The summed E-state index contributed by atoms with van der Waals surface area (Å²) < 4.78 is 28.6. The monoisotopic (exact) mass is 222 g/mol. The van der Waals surface area contributed by atoms with Crippen LogP contribution in [0.2, 0.25) is 0 Å². The van der Waals surface area contributed by atoms with Crippen LogP contribution in [0, 0.1) is 0 Å². The van der Waals surface area contributed by atoms with E-state index >= 15 is 0 Å². The van der Waals surface area contributed by atoms with Crippen LogP contribution in [0.1, 0.15) is 0 Å². The number of nitrogens with zero attached hydrogens (tertiary/aromatic N) is 1. The first kappa shape index (κ1) is 13.1. The van der Waals surface area contributed by atoms with Crippen molar-refractivity contribution in [1.82, 2.24) is 5.32 Å². The Labute approximate surface area is 84.0 Å². The molecule has 1 aliphatic heterocycles. The van der Waals surface area contributed by atoms with E-state index in [4.69, 9.17) is 0 Å². The van der Waals surface area contributed by atoms with E-state index in [0.717, 1.165) is 20.2 Å². The van der Waals surface area contributed by atoms with Gasteiger partial charge in [0.15, 0.2) is 0 Å². The van der Waals surface area contributed by atoms with Gasteiger partial charge in [0.05, 0.1) is 26.6 Å². The van der Waals surface area contributed by atoms with E-state index in [0.29, 0.717) is 0 Å². The molecule has 0 saturated heterocycles. The zero-order valence-electron chi connectivity index (χ0n) is 7.97. The molecule has 0 fully saturated rings. The first-order chi connectivity index (χ1) is 6.62.